The smallest absolute Gasteiger partial charge is 0.255 e. The third-order valence-corrected chi connectivity index (χ3v) is 4.99. The number of aryl methyl sites for hydroxylation is 1. The summed E-state index contributed by atoms with van der Waals surface area (Å²) in [5.41, 5.74) is 2.37. The molecule has 0 aliphatic heterocycles. The molecule has 1 heterocycles. The van der Waals surface area contributed by atoms with Crippen LogP contribution in [0.5, 0.6) is 0 Å². The number of hydrogen-bond acceptors (Lipinski definition) is 4. The molecule has 22 heavy (non-hydrogen) atoms. The fourth-order valence-corrected chi connectivity index (χ4v) is 3.74. The van der Waals surface area contributed by atoms with Crippen LogP contribution in [0.1, 0.15) is 22.3 Å². The van der Waals surface area contributed by atoms with E-state index in [-0.39, 0.29) is 5.91 Å². The topological polar surface area (TPSA) is 42.0 Å². The fourth-order valence-electron chi connectivity index (χ4n) is 2.22. The molecule has 0 aliphatic carbocycles. The van der Waals surface area contributed by atoms with Crippen molar-refractivity contribution < 1.29 is 4.79 Å². The molecule has 1 aromatic heterocycles. The van der Waals surface area contributed by atoms with Gasteiger partial charge in [-0.3, -0.25) is 4.79 Å². The Hall–Kier alpha value is -1.85. The highest BCUT2D eigenvalue weighted by atomic mass is 32.2. The molecule has 1 N–H and O–H groups in total. The minimum Gasteiger partial charge on any atom is -0.322 e. The van der Waals surface area contributed by atoms with E-state index in [9.17, 15) is 4.79 Å². The van der Waals surface area contributed by atoms with Gasteiger partial charge in [0.2, 0.25) is 0 Å². The molecule has 2 aromatic carbocycles. The zero-order chi connectivity index (χ0) is 15.5. The van der Waals surface area contributed by atoms with Crippen molar-refractivity contribution in [3.8, 4) is 0 Å². The number of rotatable bonds is 4. The van der Waals surface area contributed by atoms with Crippen molar-refractivity contribution in [1.29, 1.82) is 0 Å². The minimum atomic E-state index is -0.0927. The first kappa shape index (κ1) is 15.1. The number of thiazole rings is 1. The lowest BCUT2D eigenvalue weighted by atomic mass is 10.2. The Morgan fingerprint density at radius 1 is 1.27 bits per heavy atom. The van der Waals surface area contributed by atoms with E-state index in [1.165, 1.54) is 0 Å². The van der Waals surface area contributed by atoms with Crippen LogP contribution in [-0.2, 0) is 0 Å². The molecule has 0 bridgehead atoms. The van der Waals surface area contributed by atoms with Crippen molar-refractivity contribution in [2.24, 2.45) is 0 Å². The first-order chi connectivity index (χ1) is 10.7. The first-order valence-corrected chi connectivity index (χ1v) is 8.87. The van der Waals surface area contributed by atoms with Crippen molar-refractivity contribution in [2.75, 3.05) is 11.1 Å². The van der Waals surface area contributed by atoms with Crippen LogP contribution in [0.25, 0.3) is 10.2 Å². The average Bonchev–Trinajstić information content (AvgIpc) is 2.87. The maximum absolute atomic E-state index is 12.4. The van der Waals surface area contributed by atoms with Gasteiger partial charge in [-0.1, -0.05) is 13.0 Å². The van der Waals surface area contributed by atoms with E-state index in [2.05, 4.69) is 17.2 Å². The van der Waals surface area contributed by atoms with Crippen molar-refractivity contribution in [1.82, 2.24) is 4.98 Å². The van der Waals surface area contributed by atoms with E-state index in [1.807, 2.05) is 49.4 Å². The number of carbonyl (C=O) groups excluding carboxylic acids is 1. The Morgan fingerprint density at radius 3 is 2.95 bits per heavy atom. The quantitative estimate of drug-likeness (QED) is 0.688. The van der Waals surface area contributed by atoms with Gasteiger partial charge in [0.15, 0.2) is 0 Å². The predicted octanol–water partition coefficient (Wildman–Crippen LogP) is 4.97. The zero-order valence-corrected chi connectivity index (χ0v) is 14.1. The molecule has 0 saturated carbocycles. The van der Waals surface area contributed by atoms with Gasteiger partial charge >= 0.3 is 0 Å². The number of nitrogens with one attached hydrogen (secondary N) is 1. The van der Waals surface area contributed by atoms with Gasteiger partial charge < -0.3 is 5.32 Å². The van der Waals surface area contributed by atoms with Crippen molar-refractivity contribution >= 4 is 44.9 Å². The monoisotopic (exact) mass is 328 g/mol. The molecule has 0 radical (unpaired) electrons. The Balaban J connectivity index is 1.81. The summed E-state index contributed by atoms with van der Waals surface area (Å²) in [4.78, 5) is 17.9. The second kappa shape index (κ2) is 6.50. The molecule has 0 spiro atoms. The Morgan fingerprint density at radius 2 is 2.14 bits per heavy atom. The van der Waals surface area contributed by atoms with Crippen LogP contribution in [-0.4, -0.2) is 16.6 Å². The van der Waals surface area contributed by atoms with E-state index >= 15 is 0 Å². The number of thioether (sulfide) groups is 1. The van der Waals surface area contributed by atoms with Crippen LogP contribution in [0.3, 0.4) is 0 Å². The molecule has 3 nitrogen and oxygen atoms in total. The molecule has 0 unspecified atom stereocenters. The van der Waals surface area contributed by atoms with Crippen molar-refractivity contribution in [3.63, 3.8) is 0 Å². The standard InChI is InChI=1S/C17H16N2OS2/c1-3-21-14-6-4-5-12(9-14)17(20)19-13-7-8-16-15(10-13)18-11(2)22-16/h4-10H,3H2,1-2H3,(H,19,20). The first-order valence-electron chi connectivity index (χ1n) is 7.07. The molecule has 3 rings (SSSR count). The van der Waals surface area contributed by atoms with Gasteiger partial charge in [-0.2, -0.15) is 0 Å². The van der Waals surface area contributed by atoms with Gasteiger partial charge in [-0.25, -0.2) is 4.98 Å². The molecule has 0 atom stereocenters. The van der Waals surface area contributed by atoms with Crippen molar-refractivity contribution in [2.45, 2.75) is 18.7 Å². The number of anilines is 1. The van der Waals surface area contributed by atoms with Gasteiger partial charge in [-0.15, -0.1) is 23.1 Å². The lowest BCUT2D eigenvalue weighted by molar-refractivity contribution is 0.102. The van der Waals surface area contributed by atoms with Crippen LogP contribution in [0.15, 0.2) is 47.4 Å². The van der Waals surface area contributed by atoms with Crippen LogP contribution in [0.2, 0.25) is 0 Å². The SMILES string of the molecule is CCSc1cccc(C(=O)Nc2ccc3sc(C)nc3c2)c1. The predicted molar refractivity (Wildman–Crippen MR) is 95.2 cm³/mol. The second-order valence-corrected chi connectivity index (χ2v) is 7.40. The van der Waals surface area contributed by atoms with Gasteiger partial charge in [0, 0.05) is 16.1 Å². The van der Waals surface area contributed by atoms with E-state index < -0.39 is 0 Å². The number of aromatic nitrogens is 1. The van der Waals surface area contributed by atoms with Crippen LogP contribution < -0.4 is 5.32 Å². The van der Waals surface area contributed by atoms with E-state index in [0.29, 0.717) is 5.56 Å². The largest absolute Gasteiger partial charge is 0.322 e. The second-order valence-electron chi connectivity index (χ2n) is 4.83. The maximum atomic E-state index is 12.4. The van der Waals surface area contributed by atoms with Gasteiger partial charge in [0.05, 0.1) is 15.2 Å². The highest BCUT2D eigenvalue weighted by molar-refractivity contribution is 7.99. The molecule has 5 heteroatoms. The number of fused-ring (bicyclic) bond motifs is 1. The van der Waals surface area contributed by atoms with Gasteiger partial charge in [0.25, 0.3) is 5.91 Å². The number of hydrogen-bond donors (Lipinski definition) is 1. The molecular weight excluding hydrogens is 312 g/mol. The number of amides is 1. The summed E-state index contributed by atoms with van der Waals surface area (Å²) in [6.45, 7) is 4.09. The molecular formula is C17H16N2OS2. The lowest BCUT2D eigenvalue weighted by Gasteiger charge is -2.06. The normalized spacial score (nSPS) is 10.8. The molecule has 0 saturated heterocycles. The minimum absolute atomic E-state index is 0.0927. The summed E-state index contributed by atoms with van der Waals surface area (Å²) in [5, 5.41) is 3.98. The summed E-state index contributed by atoms with van der Waals surface area (Å²) in [7, 11) is 0. The lowest BCUT2D eigenvalue weighted by Crippen LogP contribution is -2.11. The highest BCUT2D eigenvalue weighted by Crippen LogP contribution is 2.25. The fraction of sp³-hybridized carbons (Fsp3) is 0.176. The third-order valence-electron chi connectivity index (χ3n) is 3.16. The molecule has 1 amide bonds. The van der Waals surface area contributed by atoms with E-state index in [1.54, 1.807) is 23.1 Å². The average molecular weight is 328 g/mol. The summed E-state index contributed by atoms with van der Waals surface area (Å²) in [6, 6.07) is 13.5. The number of nitrogens with zero attached hydrogens (tertiary/aromatic N) is 1. The maximum Gasteiger partial charge on any atom is 0.255 e. The van der Waals surface area contributed by atoms with Crippen LogP contribution in [0.4, 0.5) is 5.69 Å². The summed E-state index contributed by atoms with van der Waals surface area (Å²) in [5.74, 6) is 0.898. The van der Waals surface area contributed by atoms with Gasteiger partial charge in [0.1, 0.15) is 0 Å². The zero-order valence-electron chi connectivity index (χ0n) is 12.4. The number of benzene rings is 2. The van der Waals surface area contributed by atoms with Crippen LogP contribution in [0, 0.1) is 6.92 Å². The van der Waals surface area contributed by atoms with Crippen molar-refractivity contribution in [3.05, 3.63) is 53.0 Å². The molecule has 0 fully saturated rings. The Labute approximate surface area is 137 Å². The molecule has 3 aromatic rings. The van der Waals surface area contributed by atoms with Gasteiger partial charge in [-0.05, 0) is 49.1 Å². The van der Waals surface area contributed by atoms with E-state index in [4.69, 9.17) is 0 Å². The highest BCUT2D eigenvalue weighted by Gasteiger charge is 2.08. The van der Waals surface area contributed by atoms with Crippen LogP contribution >= 0.6 is 23.1 Å². The summed E-state index contributed by atoms with van der Waals surface area (Å²) < 4.78 is 1.14. The summed E-state index contributed by atoms with van der Waals surface area (Å²) >= 11 is 3.39. The third kappa shape index (κ3) is 3.31. The number of carbonyl (C=O) groups is 1. The molecule has 112 valence electrons. The Kier molecular flexibility index (Phi) is 4.45. The molecule has 0 aliphatic rings. The summed E-state index contributed by atoms with van der Waals surface area (Å²) in [6.07, 6.45) is 0. The Bertz CT molecular complexity index is 826. The van der Waals surface area contributed by atoms with E-state index in [0.717, 1.165) is 31.6 Å².